The number of carbonyl (C=O) groups excluding carboxylic acids is 1. The van der Waals surface area contributed by atoms with Crippen LogP contribution in [0.5, 0.6) is 5.75 Å². The number of piperidine rings is 1. The lowest BCUT2D eigenvalue weighted by molar-refractivity contribution is 0.102. The normalized spacial score (nSPS) is 15.5. The highest BCUT2D eigenvalue weighted by Crippen LogP contribution is 2.26. The van der Waals surface area contributed by atoms with Gasteiger partial charge in [-0.2, -0.15) is 0 Å². The minimum Gasteiger partial charge on any atom is -0.496 e. The fourth-order valence-electron chi connectivity index (χ4n) is 3.99. The molecule has 1 amide bonds. The minimum absolute atomic E-state index is 0.173. The monoisotopic (exact) mass is 436 g/mol. The van der Waals surface area contributed by atoms with E-state index in [1.165, 1.54) is 0 Å². The van der Waals surface area contributed by atoms with Crippen LogP contribution in [0.2, 0.25) is 0 Å². The van der Waals surface area contributed by atoms with E-state index in [0.29, 0.717) is 17.4 Å². The highest BCUT2D eigenvalue weighted by atomic mass is 32.1. The predicted molar refractivity (Wildman–Crippen MR) is 126 cm³/mol. The number of aromatic nitrogens is 1. The van der Waals surface area contributed by atoms with Crippen LogP contribution in [0.3, 0.4) is 0 Å². The third kappa shape index (κ3) is 5.24. The zero-order valence-electron chi connectivity index (χ0n) is 17.9. The molecular formula is C24H28N4O2S. The molecule has 3 aromatic rings. The molecule has 2 aromatic carbocycles. The molecule has 0 bridgehead atoms. The Hall–Kier alpha value is -2.90. The molecule has 7 heteroatoms. The largest absolute Gasteiger partial charge is 0.496 e. The summed E-state index contributed by atoms with van der Waals surface area (Å²) in [6.45, 7) is 4.14. The Morgan fingerprint density at radius 2 is 2.00 bits per heavy atom. The van der Waals surface area contributed by atoms with Crippen LogP contribution in [0.4, 0.5) is 11.4 Å². The maximum absolute atomic E-state index is 12.7. The van der Waals surface area contributed by atoms with Gasteiger partial charge in [0.2, 0.25) is 0 Å². The third-order valence-electron chi connectivity index (χ3n) is 5.62. The number of para-hydroxylation sites is 1. The van der Waals surface area contributed by atoms with Gasteiger partial charge in [0, 0.05) is 42.1 Å². The van der Waals surface area contributed by atoms with E-state index in [1.807, 2.05) is 41.9 Å². The van der Waals surface area contributed by atoms with Crippen molar-refractivity contribution in [3.63, 3.8) is 0 Å². The number of carbonyl (C=O) groups is 1. The zero-order valence-corrected chi connectivity index (χ0v) is 18.7. The van der Waals surface area contributed by atoms with Crippen LogP contribution in [0.15, 0.2) is 60.1 Å². The standard InChI is InChI=1S/C24H28N4O2S/c1-17(24-25-12-15-31-24)26-18-10-13-28(14-11-18)20-7-5-6-19(16-20)27-23(29)21-8-3-4-9-22(21)30-2/h3-9,12,15-18,26H,10-11,13-14H2,1-2H3,(H,27,29)/t17-/m0/s1. The lowest BCUT2D eigenvalue weighted by atomic mass is 10.0. The van der Waals surface area contributed by atoms with Crippen molar-refractivity contribution >= 4 is 28.6 Å². The molecule has 0 radical (unpaired) electrons. The first-order valence-electron chi connectivity index (χ1n) is 10.6. The molecule has 1 saturated heterocycles. The number of hydrogen-bond donors (Lipinski definition) is 2. The van der Waals surface area contributed by atoms with E-state index in [-0.39, 0.29) is 11.9 Å². The van der Waals surface area contributed by atoms with Crippen molar-refractivity contribution in [1.82, 2.24) is 10.3 Å². The van der Waals surface area contributed by atoms with Crippen molar-refractivity contribution in [3.8, 4) is 5.75 Å². The van der Waals surface area contributed by atoms with Crippen molar-refractivity contribution in [1.29, 1.82) is 0 Å². The van der Waals surface area contributed by atoms with E-state index in [0.717, 1.165) is 42.3 Å². The second-order valence-corrected chi connectivity index (χ2v) is 8.65. The lowest BCUT2D eigenvalue weighted by Gasteiger charge is -2.35. The van der Waals surface area contributed by atoms with Crippen LogP contribution in [-0.2, 0) is 0 Å². The van der Waals surface area contributed by atoms with Crippen LogP contribution < -0.4 is 20.3 Å². The number of nitrogens with zero attached hydrogens (tertiary/aromatic N) is 2. The lowest BCUT2D eigenvalue weighted by Crippen LogP contribution is -2.43. The van der Waals surface area contributed by atoms with Gasteiger partial charge in [-0.15, -0.1) is 11.3 Å². The summed E-state index contributed by atoms with van der Waals surface area (Å²) in [5.41, 5.74) is 2.44. The summed E-state index contributed by atoms with van der Waals surface area (Å²) in [6, 6.07) is 16.1. The SMILES string of the molecule is COc1ccccc1C(=O)Nc1cccc(N2CCC(N[C@@H](C)c3nccs3)CC2)c1. The molecule has 0 spiro atoms. The van der Waals surface area contributed by atoms with Crippen LogP contribution in [-0.4, -0.2) is 37.1 Å². The first-order valence-corrected chi connectivity index (χ1v) is 11.5. The quantitative estimate of drug-likeness (QED) is 0.561. The Morgan fingerprint density at radius 3 is 2.74 bits per heavy atom. The molecule has 0 unspecified atom stereocenters. The molecule has 1 aromatic heterocycles. The minimum atomic E-state index is -0.173. The second kappa shape index (κ2) is 9.94. The molecule has 1 aliphatic heterocycles. The Labute approximate surface area is 187 Å². The zero-order chi connectivity index (χ0) is 21.6. The van der Waals surface area contributed by atoms with Crippen LogP contribution >= 0.6 is 11.3 Å². The van der Waals surface area contributed by atoms with E-state index in [1.54, 1.807) is 30.6 Å². The summed E-state index contributed by atoms with van der Waals surface area (Å²) >= 11 is 1.70. The van der Waals surface area contributed by atoms with E-state index in [4.69, 9.17) is 4.74 Å². The van der Waals surface area contributed by atoms with E-state index in [9.17, 15) is 4.79 Å². The number of methoxy groups -OCH3 is 1. The van der Waals surface area contributed by atoms with Gasteiger partial charge in [-0.05, 0) is 50.1 Å². The third-order valence-corrected chi connectivity index (χ3v) is 6.58. The van der Waals surface area contributed by atoms with Crippen LogP contribution in [0, 0.1) is 0 Å². The van der Waals surface area contributed by atoms with E-state index < -0.39 is 0 Å². The molecular weight excluding hydrogens is 408 g/mol. The van der Waals surface area contributed by atoms with E-state index in [2.05, 4.69) is 33.5 Å². The number of rotatable bonds is 7. The number of amides is 1. The molecule has 1 atom stereocenters. The molecule has 1 aliphatic rings. The molecule has 6 nitrogen and oxygen atoms in total. The van der Waals surface area contributed by atoms with Crippen molar-refractivity contribution in [3.05, 3.63) is 70.7 Å². The fraction of sp³-hybridized carbons (Fsp3) is 0.333. The Kier molecular flexibility index (Phi) is 6.84. The predicted octanol–water partition coefficient (Wildman–Crippen LogP) is 4.72. The first kappa shape index (κ1) is 21.3. The van der Waals surface area contributed by atoms with Gasteiger partial charge >= 0.3 is 0 Å². The summed E-state index contributed by atoms with van der Waals surface area (Å²) in [5.74, 6) is 0.395. The van der Waals surface area contributed by atoms with Gasteiger partial charge in [-0.3, -0.25) is 4.79 Å². The molecule has 0 aliphatic carbocycles. The number of ether oxygens (including phenoxy) is 1. The second-order valence-electron chi connectivity index (χ2n) is 7.72. The van der Waals surface area contributed by atoms with Gasteiger partial charge in [-0.25, -0.2) is 4.98 Å². The van der Waals surface area contributed by atoms with Crippen molar-refractivity contribution in [2.45, 2.75) is 31.8 Å². The van der Waals surface area contributed by atoms with Gasteiger partial charge in [-0.1, -0.05) is 18.2 Å². The van der Waals surface area contributed by atoms with E-state index >= 15 is 0 Å². The number of thiazole rings is 1. The Bertz CT molecular complexity index is 1000. The molecule has 31 heavy (non-hydrogen) atoms. The van der Waals surface area contributed by atoms with Gasteiger partial charge in [0.15, 0.2) is 0 Å². The smallest absolute Gasteiger partial charge is 0.259 e. The maximum atomic E-state index is 12.7. The van der Waals surface area contributed by atoms with Gasteiger partial charge in [0.1, 0.15) is 10.8 Å². The number of anilines is 2. The average Bonchev–Trinajstić information content (AvgIpc) is 3.35. The summed E-state index contributed by atoms with van der Waals surface area (Å²) in [7, 11) is 1.57. The summed E-state index contributed by atoms with van der Waals surface area (Å²) in [4.78, 5) is 19.5. The van der Waals surface area contributed by atoms with Gasteiger partial charge < -0.3 is 20.3 Å². The molecule has 1 fully saturated rings. The fourth-order valence-corrected chi connectivity index (χ4v) is 4.64. The summed E-state index contributed by atoms with van der Waals surface area (Å²) in [6.07, 6.45) is 4.02. The molecule has 4 rings (SSSR count). The Morgan fingerprint density at radius 1 is 1.19 bits per heavy atom. The van der Waals surface area contributed by atoms with Crippen LogP contribution in [0.25, 0.3) is 0 Å². The Balaban J connectivity index is 1.35. The summed E-state index contributed by atoms with van der Waals surface area (Å²) in [5, 5.41) is 9.87. The summed E-state index contributed by atoms with van der Waals surface area (Å²) < 4.78 is 5.31. The van der Waals surface area contributed by atoms with Gasteiger partial charge in [0.25, 0.3) is 5.91 Å². The number of hydrogen-bond acceptors (Lipinski definition) is 6. The van der Waals surface area contributed by atoms with Crippen molar-refractivity contribution in [2.24, 2.45) is 0 Å². The maximum Gasteiger partial charge on any atom is 0.259 e. The number of nitrogens with one attached hydrogen (secondary N) is 2. The highest BCUT2D eigenvalue weighted by Gasteiger charge is 2.22. The molecule has 2 N–H and O–H groups in total. The molecule has 2 heterocycles. The molecule has 0 saturated carbocycles. The van der Waals surface area contributed by atoms with Crippen molar-refractivity contribution < 1.29 is 9.53 Å². The molecule has 162 valence electrons. The highest BCUT2D eigenvalue weighted by molar-refractivity contribution is 7.09. The topological polar surface area (TPSA) is 66.5 Å². The van der Waals surface area contributed by atoms with Crippen molar-refractivity contribution in [2.75, 3.05) is 30.4 Å². The van der Waals surface area contributed by atoms with Gasteiger partial charge in [0.05, 0.1) is 18.7 Å². The van der Waals surface area contributed by atoms with Crippen LogP contribution in [0.1, 0.15) is 41.2 Å². The number of benzene rings is 2. The first-order chi connectivity index (χ1) is 15.1. The average molecular weight is 437 g/mol.